The molecule has 2 saturated heterocycles. The molecule has 8 rings (SSSR count). The molecule has 52 heavy (non-hydrogen) atoms. The van der Waals surface area contributed by atoms with E-state index in [0.29, 0.717) is 32.5 Å². The first-order chi connectivity index (χ1) is 24.9. The normalized spacial score (nSPS) is 26.6. The molecule has 4 aromatic carbocycles. The van der Waals surface area contributed by atoms with Gasteiger partial charge in [0.2, 0.25) is 11.8 Å². The summed E-state index contributed by atoms with van der Waals surface area (Å²) in [5.74, 6) is -6.30. The molecule has 2 N–H and O–H groups in total. The number of aromatic hydroxyl groups is 1. The van der Waals surface area contributed by atoms with Gasteiger partial charge in [-0.3, -0.25) is 24.6 Å². The molecule has 2 aliphatic carbocycles. The van der Waals surface area contributed by atoms with E-state index in [0.717, 1.165) is 16.1 Å². The van der Waals surface area contributed by atoms with Crippen LogP contribution in [-0.4, -0.2) is 40.9 Å². The number of imide groups is 2. The van der Waals surface area contributed by atoms with Crippen LogP contribution in [0.25, 0.3) is 0 Å². The van der Waals surface area contributed by atoms with Crippen molar-refractivity contribution in [1.29, 1.82) is 0 Å². The Morgan fingerprint density at radius 2 is 1.62 bits per heavy atom. The first-order valence-electron chi connectivity index (χ1n) is 16.8. The summed E-state index contributed by atoms with van der Waals surface area (Å²) >= 11 is 12.8. The summed E-state index contributed by atoms with van der Waals surface area (Å²) in [5, 5.41) is 12.5. The predicted molar refractivity (Wildman–Crippen MR) is 192 cm³/mol. The molecule has 4 aromatic rings. The van der Waals surface area contributed by atoms with E-state index in [1.807, 2.05) is 13.0 Å². The van der Waals surface area contributed by atoms with Gasteiger partial charge in [0.25, 0.3) is 11.8 Å². The van der Waals surface area contributed by atoms with E-state index in [4.69, 9.17) is 27.9 Å². The smallest absolute Gasteiger partial charge is 0.260 e. The molecular formula is C40H32Cl2FN3O6. The summed E-state index contributed by atoms with van der Waals surface area (Å²) in [5.41, 5.74) is 4.66. The van der Waals surface area contributed by atoms with Crippen LogP contribution in [0.5, 0.6) is 11.5 Å². The number of nitrogens with zero attached hydrogens (tertiary/aromatic N) is 2. The molecule has 264 valence electrons. The van der Waals surface area contributed by atoms with Crippen molar-refractivity contribution >= 4 is 58.2 Å². The summed E-state index contributed by atoms with van der Waals surface area (Å²) < 4.78 is 19.4. The lowest BCUT2D eigenvalue weighted by molar-refractivity contribution is -0.138. The quantitative estimate of drug-likeness (QED) is 0.157. The van der Waals surface area contributed by atoms with Gasteiger partial charge in [-0.05, 0) is 103 Å². The average Bonchev–Trinajstić information content (AvgIpc) is 3.51. The molecule has 2 heterocycles. The van der Waals surface area contributed by atoms with Gasteiger partial charge < -0.3 is 9.84 Å². The monoisotopic (exact) mass is 739 g/mol. The van der Waals surface area contributed by atoms with Crippen LogP contribution in [0.4, 0.5) is 15.8 Å². The number of carbonyl (C=O) groups excluding carboxylic acids is 4. The van der Waals surface area contributed by atoms with E-state index in [2.05, 4.69) is 5.43 Å². The second-order valence-corrected chi connectivity index (χ2v) is 14.6. The molecular weight excluding hydrogens is 708 g/mol. The number of methoxy groups -OCH3 is 1. The lowest BCUT2D eigenvalue weighted by Crippen LogP contribution is -2.53. The minimum absolute atomic E-state index is 0.0784. The molecule has 4 amide bonds. The number of ether oxygens (including phenoxy) is 1. The topological polar surface area (TPSA) is 116 Å². The number of carbonyl (C=O) groups is 4. The number of nitrogens with one attached hydrogen (secondary N) is 1. The Bertz CT molecular complexity index is 2210. The highest BCUT2D eigenvalue weighted by atomic mass is 35.5. The number of rotatable bonds is 6. The Labute approximate surface area is 308 Å². The molecule has 9 nitrogen and oxygen atoms in total. The largest absolute Gasteiger partial charge is 0.504 e. The maximum Gasteiger partial charge on any atom is 0.260 e. The Hall–Kier alpha value is -5.19. The van der Waals surface area contributed by atoms with Crippen molar-refractivity contribution in [2.45, 2.75) is 31.1 Å². The van der Waals surface area contributed by atoms with Crippen LogP contribution >= 0.6 is 23.2 Å². The van der Waals surface area contributed by atoms with E-state index < -0.39 is 58.5 Å². The van der Waals surface area contributed by atoms with Crippen molar-refractivity contribution in [3.63, 3.8) is 0 Å². The molecule has 1 saturated carbocycles. The molecule has 4 aliphatic rings. The number of hydrazine groups is 1. The van der Waals surface area contributed by atoms with Gasteiger partial charge in [0.15, 0.2) is 11.5 Å². The summed E-state index contributed by atoms with van der Waals surface area (Å²) in [6, 6.07) is 21.9. The van der Waals surface area contributed by atoms with Gasteiger partial charge in [-0.2, -0.15) is 5.01 Å². The summed E-state index contributed by atoms with van der Waals surface area (Å²) in [6.07, 6.45) is 2.24. The Kier molecular flexibility index (Phi) is 8.15. The molecule has 0 radical (unpaired) electrons. The second kappa shape index (κ2) is 12.5. The van der Waals surface area contributed by atoms with Crippen molar-refractivity contribution in [1.82, 2.24) is 5.01 Å². The number of amides is 4. The van der Waals surface area contributed by atoms with Crippen LogP contribution in [0.15, 0.2) is 96.6 Å². The van der Waals surface area contributed by atoms with Crippen LogP contribution in [-0.2, 0) is 24.6 Å². The third-order valence-electron chi connectivity index (χ3n) is 11.2. The fourth-order valence-corrected chi connectivity index (χ4v) is 9.18. The number of hydrogen-bond donors (Lipinski definition) is 2. The highest BCUT2D eigenvalue weighted by Crippen LogP contribution is 2.64. The lowest BCUT2D eigenvalue weighted by atomic mass is 9.49. The third-order valence-corrected chi connectivity index (χ3v) is 11.9. The van der Waals surface area contributed by atoms with E-state index in [-0.39, 0.29) is 30.2 Å². The second-order valence-electron chi connectivity index (χ2n) is 13.7. The summed E-state index contributed by atoms with van der Waals surface area (Å²) in [6.45, 7) is 1.83. The zero-order valence-corrected chi connectivity index (χ0v) is 29.5. The van der Waals surface area contributed by atoms with E-state index >= 15 is 4.79 Å². The van der Waals surface area contributed by atoms with Crippen LogP contribution in [0.2, 0.25) is 10.0 Å². The maximum absolute atomic E-state index is 15.2. The number of halogens is 3. The van der Waals surface area contributed by atoms with E-state index in [1.165, 1.54) is 42.3 Å². The standard InChI is InChI=1S/C40H32Cl2FN3O6/c1-20-3-13-26(18-31(20)42)45-36(48)28-15-14-27-29(34(28)38(45)50)19-30-37(49)46(44-25-11-9-24(43)10-12-25)39(51)40(30,22-5-7-23(41)8-6-22)35(27)21-4-16-32(47)33(17-21)52-2/h3-14,16-18,28-30,34-35,44,47H,15,19H2,1-2H3. The van der Waals surface area contributed by atoms with Gasteiger partial charge in [0.05, 0.1) is 41.7 Å². The minimum atomic E-state index is -1.57. The number of hydrogen-bond acceptors (Lipinski definition) is 7. The van der Waals surface area contributed by atoms with Gasteiger partial charge in [-0.25, -0.2) is 9.29 Å². The van der Waals surface area contributed by atoms with Gasteiger partial charge in [-0.15, -0.1) is 0 Å². The zero-order chi connectivity index (χ0) is 36.6. The number of benzene rings is 4. The molecule has 12 heteroatoms. The molecule has 6 unspecified atom stereocenters. The van der Waals surface area contributed by atoms with Crippen LogP contribution in [0, 0.1) is 36.4 Å². The van der Waals surface area contributed by atoms with Crippen molar-refractivity contribution in [2.24, 2.45) is 23.7 Å². The predicted octanol–water partition coefficient (Wildman–Crippen LogP) is 7.34. The summed E-state index contributed by atoms with van der Waals surface area (Å²) in [4.78, 5) is 59.8. The molecule has 0 spiro atoms. The van der Waals surface area contributed by atoms with Crippen molar-refractivity contribution < 1.29 is 33.4 Å². The van der Waals surface area contributed by atoms with Gasteiger partial charge in [0.1, 0.15) is 5.82 Å². The fourth-order valence-electron chi connectivity index (χ4n) is 8.88. The van der Waals surface area contributed by atoms with Gasteiger partial charge >= 0.3 is 0 Å². The molecule has 3 fully saturated rings. The highest BCUT2D eigenvalue weighted by molar-refractivity contribution is 6.32. The molecule has 0 aromatic heterocycles. The van der Waals surface area contributed by atoms with Crippen LogP contribution < -0.4 is 15.1 Å². The Morgan fingerprint density at radius 3 is 2.31 bits per heavy atom. The van der Waals surface area contributed by atoms with E-state index in [1.54, 1.807) is 54.6 Å². The van der Waals surface area contributed by atoms with Crippen molar-refractivity contribution in [2.75, 3.05) is 17.4 Å². The van der Waals surface area contributed by atoms with E-state index in [9.17, 15) is 23.9 Å². The number of anilines is 2. The highest BCUT2D eigenvalue weighted by Gasteiger charge is 2.70. The number of allylic oxidation sites excluding steroid dienone is 2. The lowest BCUT2D eigenvalue weighted by Gasteiger charge is -2.50. The molecule has 2 aliphatic heterocycles. The van der Waals surface area contributed by atoms with Crippen molar-refractivity contribution in [3.8, 4) is 11.5 Å². The average molecular weight is 741 g/mol. The summed E-state index contributed by atoms with van der Waals surface area (Å²) in [7, 11) is 1.41. The Morgan fingerprint density at radius 1 is 0.885 bits per heavy atom. The number of phenols is 1. The Balaban J connectivity index is 1.33. The number of fused-ring (bicyclic) bond motifs is 4. The molecule has 0 bridgehead atoms. The number of aryl methyl sites for hydroxylation is 1. The molecule has 6 atom stereocenters. The third kappa shape index (κ3) is 4.95. The van der Waals surface area contributed by atoms with Crippen LogP contribution in [0.1, 0.15) is 35.4 Å². The SMILES string of the molecule is COc1cc(C2C3=CCC4C(=O)N(c5ccc(C)c(Cl)c5)C(=O)C4C3CC3C(=O)N(Nc4ccc(F)cc4)C(=O)C32c2ccc(Cl)cc2)ccc1O. The van der Waals surface area contributed by atoms with Crippen LogP contribution in [0.3, 0.4) is 0 Å². The first kappa shape index (κ1) is 33.9. The first-order valence-corrected chi connectivity index (χ1v) is 17.6. The van der Waals surface area contributed by atoms with Crippen molar-refractivity contribution in [3.05, 3.63) is 129 Å². The fraction of sp³-hybridized carbons (Fsp3) is 0.250. The minimum Gasteiger partial charge on any atom is -0.504 e. The van der Waals surface area contributed by atoms with Gasteiger partial charge in [-0.1, -0.05) is 59.1 Å². The van der Waals surface area contributed by atoms with Gasteiger partial charge in [0, 0.05) is 16.0 Å². The zero-order valence-electron chi connectivity index (χ0n) is 28.0. The number of phenolic OH excluding ortho intramolecular Hbond substituents is 1. The maximum atomic E-state index is 15.2.